The lowest BCUT2D eigenvalue weighted by Gasteiger charge is -2.19. The van der Waals surface area contributed by atoms with E-state index in [9.17, 15) is 8.42 Å². The Morgan fingerprint density at radius 2 is 1.77 bits per heavy atom. The van der Waals surface area contributed by atoms with Gasteiger partial charge in [0.25, 0.3) is 0 Å². The highest BCUT2D eigenvalue weighted by atomic mass is 32.2. The summed E-state index contributed by atoms with van der Waals surface area (Å²) in [6.45, 7) is 1.04. The Labute approximate surface area is 184 Å². The van der Waals surface area contributed by atoms with Crippen LogP contribution in [-0.2, 0) is 10.0 Å². The smallest absolute Gasteiger partial charge is 0.241 e. The number of benzene rings is 2. The Balaban J connectivity index is 1.54. The van der Waals surface area contributed by atoms with Crippen molar-refractivity contribution in [1.82, 2.24) is 9.71 Å². The predicted octanol–water partition coefficient (Wildman–Crippen LogP) is 4.53. The summed E-state index contributed by atoms with van der Waals surface area (Å²) in [5.74, 6) is 1.01. The number of hydrogen-bond donors (Lipinski definition) is 1. The van der Waals surface area contributed by atoms with Crippen LogP contribution in [0.15, 0.2) is 78.0 Å². The van der Waals surface area contributed by atoms with Gasteiger partial charge in [-0.25, -0.2) is 8.42 Å². The fourth-order valence-corrected chi connectivity index (χ4v) is 5.92. The molecule has 0 unspecified atom stereocenters. The minimum atomic E-state index is -3.83. The van der Waals surface area contributed by atoms with Crippen molar-refractivity contribution in [2.45, 2.75) is 17.4 Å². The second-order valence-corrected chi connectivity index (χ2v) is 10.0. The van der Waals surface area contributed by atoms with Crippen LogP contribution < -0.4 is 14.2 Å². The number of nitrogens with zero attached hydrogens (tertiary/aromatic N) is 1. The highest BCUT2D eigenvalue weighted by molar-refractivity contribution is 7.89. The van der Waals surface area contributed by atoms with Gasteiger partial charge < -0.3 is 9.47 Å². The van der Waals surface area contributed by atoms with E-state index in [2.05, 4.69) is 9.71 Å². The fourth-order valence-electron chi connectivity index (χ4n) is 3.52. The molecule has 1 atom stereocenters. The summed E-state index contributed by atoms with van der Waals surface area (Å²) in [7, 11) is -3.83. The molecule has 5 rings (SSSR count). The Kier molecular flexibility index (Phi) is 5.35. The number of thiophene rings is 1. The minimum Gasteiger partial charge on any atom is -0.490 e. The number of nitrogens with one attached hydrogen (secondary N) is 1. The quantitative estimate of drug-likeness (QED) is 0.482. The van der Waals surface area contributed by atoms with Crippen molar-refractivity contribution in [3.8, 4) is 11.5 Å². The molecule has 0 fully saturated rings. The summed E-state index contributed by atoms with van der Waals surface area (Å²) < 4.78 is 41.9. The lowest BCUT2D eigenvalue weighted by Crippen LogP contribution is -2.29. The molecule has 4 aromatic rings. The standard InChI is InChI=1S/C23H20N2O4S2/c26-31(27,18-7-8-19-20(14-18)29-12-4-11-28-19)25-23(16-5-2-1-3-6-16)21-13-17-9-10-24-15-22(17)30-21/h1-3,5-10,13-15,23,25H,4,11-12H2/t23-/m0/s1. The molecule has 2 aromatic carbocycles. The second kappa shape index (κ2) is 8.30. The molecule has 0 aliphatic carbocycles. The normalized spacial score (nSPS) is 14.8. The minimum absolute atomic E-state index is 0.139. The summed E-state index contributed by atoms with van der Waals surface area (Å²) >= 11 is 1.53. The number of rotatable bonds is 5. The first kappa shape index (κ1) is 20.0. The molecule has 6 nitrogen and oxygen atoms in total. The van der Waals surface area contributed by atoms with Crippen molar-refractivity contribution >= 4 is 31.4 Å². The van der Waals surface area contributed by atoms with Crippen LogP contribution in [0.1, 0.15) is 22.9 Å². The van der Waals surface area contributed by atoms with Crippen LogP contribution in [0.4, 0.5) is 0 Å². The molecule has 2 aromatic heterocycles. The van der Waals surface area contributed by atoms with E-state index in [1.54, 1.807) is 24.5 Å². The van der Waals surface area contributed by atoms with E-state index in [1.807, 2.05) is 42.5 Å². The number of pyridine rings is 1. The SMILES string of the molecule is O=S(=O)(N[C@@H](c1ccccc1)c1cc2ccncc2s1)c1ccc2c(c1)OCCCO2. The van der Waals surface area contributed by atoms with Crippen LogP contribution in [0.5, 0.6) is 11.5 Å². The maximum absolute atomic E-state index is 13.4. The van der Waals surface area contributed by atoms with Gasteiger partial charge in [0.1, 0.15) is 0 Å². The molecule has 8 heteroatoms. The first-order valence-corrected chi connectivity index (χ1v) is 12.2. The molecule has 0 bridgehead atoms. The molecular weight excluding hydrogens is 432 g/mol. The van der Waals surface area contributed by atoms with Gasteiger partial charge in [-0.15, -0.1) is 11.3 Å². The molecule has 1 aliphatic rings. The van der Waals surface area contributed by atoms with Gasteiger partial charge >= 0.3 is 0 Å². The number of hydrogen-bond acceptors (Lipinski definition) is 6. The molecule has 0 amide bonds. The highest BCUT2D eigenvalue weighted by Crippen LogP contribution is 2.35. The third-order valence-corrected chi connectivity index (χ3v) is 7.63. The zero-order valence-electron chi connectivity index (χ0n) is 16.5. The lowest BCUT2D eigenvalue weighted by molar-refractivity contribution is 0.297. The first-order valence-electron chi connectivity index (χ1n) is 9.90. The van der Waals surface area contributed by atoms with Crippen molar-refractivity contribution < 1.29 is 17.9 Å². The number of fused-ring (bicyclic) bond motifs is 2. The Hall–Kier alpha value is -2.94. The number of sulfonamides is 1. The van der Waals surface area contributed by atoms with Gasteiger partial charge in [-0.2, -0.15) is 4.72 Å². The summed E-state index contributed by atoms with van der Waals surface area (Å²) in [5.41, 5.74) is 0.861. The Bertz CT molecular complexity index is 1290. The van der Waals surface area contributed by atoms with Gasteiger partial charge in [0, 0.05) is 29.8 Å². The molecule has 158 valence electrons. The largest absolute Gasteiger partial charge is 0.490 e. The van der Waals surface area contributed by atoms with Crippen LogP contribution in [0.3, 0.4) is 0 Å². The maximum atomic E-state index is 13.4. The van der Waals surface area contributed by atoms with Crippen molar-refractivity contribution in [3.05, 3.63) is 83.5 Å². The topological polar surface area (TPSA) is 77.5 Å². The van der Waals surface area contributed by atoms with E-state index in [0.29, 0.717) is 24.7 Å². The van der Waals surface area contributed by atoms with E-state index in [0.717, 1.165) is 26.9 Å². The van der Waals surface area contributed by atoms with E-state index >= 15 is 0 Å². The average Bonchev–Trinajstić information content (AvgIpc) is 3.08. The number of aromatic nitrogens is 1. The Morgan fingerprint density at radius 3 is 2.58 bits per heavy atom. The summed E-state index contributed by atoms with van der Waals surface area (Å²) in [6, 6.07) is 17.7. The molecule has 1 N–H and O–H groups in total. The van der Waals surface area contributed by atoms with Crippen molar-refractivity contribution in [3.63, 3.8) is 0 Å². The monoisotopic (exact) mass is 452 g/mol. The molecule has 0 spiro atoms. The molecule has 1 aliphatic heterocycles. The molecule has 3 heterocycles. The van der Waals surface area contributed by atoms with Crippen LogP contribution >= 0.6 is 11.3 Å². The predicted molar refractivity (Wildman–Crippen MR) is 120 cm³/mol. The maximum Gasteiger partial charge on any atom is 0.241 e. The molecule has 31 heavy (non-hydrogen) atoms. The van der Waals surface area contributed by atoms with E-state index in [4.69, 9.17) is 9.47 Å². The van der Waals surface area contributed by atoms with Crippen molar-refractivity contribution in [1.29, 1.82) is 0 Å². The molecule has 0 saturated carbocycles. The van der Waals surface area contributed by atoms with Crippen LogP contribution in [0, 0.1) is 0 Å². The first-order chi connectivity index (χ1) is 15.1. The van der Waals surface area contributed by atoms with Crippen LogP contribution in [0.2, 0.25) is 0 Å². The molecule has 0 radical (unpaired) electrons. The van der Waals surface area contributed by atoms with E-state index < -0.39 is 16.1 Å². The van der Waals surface area contributed by atoms with Crippen LogP contribution in [0.25, 0.3) is 10.1 Å². The fraction of sp³-hybridized carbons (Fsp3) is 0.174. The lowest BCUT2D eigenvalue weighted by atomic mass is 10.1. The van der Waals surface area contributed by atoms with Gasteiger partial charge in [0.15, 0.2) is 11.5 Å². The zero-order valence-corrected chi connectivity index (χ0v) is 18.2. The average molecular weight is 453 g/mol. The number of ether oxygens (including phenoxy) is 2. The van der Waals surface area contributed by atoms with Gasteiger partial charge in [0.2, 0.25) is 10.0 Å². The zero-order chi connectivity index (χ0) is 21.3. The highest BCUT2D eigenvalue weighted by Gasteiger charge is 2.26. The van der Waals surface area contributed by atoms with Gasteiger partial charge in [-0.05, 0) is 35.2 Å². The third-order valence-electron chi connectivity index (χ3n) is 5.06. The van der Waals surface area contributed by atoms with Crippen molar-refractivity contribution in [2.24, 2.45) is 0 Å². The molecular formula is C23H20N2O4S2. The third kappa shape index (κ3) is 4.14. The summed E-state index contributed by atoms with van der Waals surface area (Å²) in [6.07, 6.45) is 4.29. The summed E-state index contributed by atoms with van der Waals surface area (Å²) in [4.78, 5) is 5.21. The second-order valence-electron chi connectivity index (χ2n) is 7.19. The van der Waals surface area contributed by atoms with Gasteiger partial charge in [-0.3, -0.25) is 4.98 Å². The summed E-state index contributed by atoms with van der Waals surface area (Å²) in [5, 5.41) is 1.03. The van der Waals surface area contributed by atoms with Crippen molar-refractivity contribution in [2.75, 3.05) is 13.2 Å². The van der Waals surface area contributed by atoms with Crippen LogP contribution in [-0.4, -0.2) is 26.6 Å². The van der Waals surface area contributed by atoms with Gasteiger partial charge in [0.05, 0.1) is 28.9 Å². The van der Waals surface area contributed by atoms with Gasteiger partial charge in [-0.1, -0.05) is 30.3 Å². The Morgan fingerprint density at radius 1 is 0.968 bits per heavy atom. The molecule has 0 saturated heterocycles. The van der Waals surface area contributed by atoms with E-state index in [-0.39, 0.29) is 4.90 Å². The van der Waals surface area contributed by atoms with E-state index in [1.165, 1.54) is 17.4 Å².